The third-order valence-corrected chi connectivity index (χ3v) is 6.18. The van der Waals surface area contributed by atoms with E-state index in [0.717, 1.165) is 10.5 Å². The number of anilines is 1. The molecule has 2 aromatic rings. The number of rotatable bonds is 7. The van der Waals surface area contributed by atoms with Gasteiger partial charge in [-0.25, -0.2) is 4.79 Å². The van der Waals surface area contributed by atoms with Crippen LogP contribution in [0.2, 0.25) is 0 Å². The Morgan fingerprint density at radius 1 is 1.18 bits per heavy atom. The maximum absolute atomic E-state index is 13.3. The van der Waals surface area contributed by atoms with E-state index in [1.165, 1.54) is 10.5 Å². The van der Waals surface area contributed by atoms with E-state index in [-0.39, 0.29) is 25.4 Å². The molecule has 1 saturated heterocycles. The van der Waals surface area contributed by atoms with E-state index >= 15 is 0 Å². The molecule has 1 N–H and O–H groups in total. The molecule has 1 fully saturated rings. The van der Waals surface area contributed by atoms with Crippen LogP contribution in [-0.4, -0.2) is 48.0 Å². The number of imide groups is 1. The molecule has 1 aliphatic carbocycles. The van der Waals surface area contributed by atoms with Gasteiger partial charge in [0.05, 0.1) is 19.1 Å². The fourth-order valence-electron chi connectivity index (χ4n) is 4.51. The van der Waals surface area contributed by atoms with Crippen molar-refractivity contribution in [2.45, 2.75) is 38.1 Å². The van der Waals surface area contributed by atoms with Gasteiger partial charge in [0.1, 0.15) is 17.8 Å². The van der Waals surface area contributed by atoms with E-state index in [2.05, 4.69) is 5.32 Å². The predicted octanol–water partition coefficient (Wildman–Crippen LogP) is 2.81. The van der Waals surface area contributed by atoms with Crippen molar-refractivity contribution in [3.8, 4) is 11.8 Å². The molecule has 0 bridgehead atoms. The van der Waals surface area contributed by atoms with Crippen LogP contribution in [0.3, 0.4) is 0 Å². The molecule has 8 heteroatoms. The zero-order chi connectivity index (χ0) is 23.4. The highest BCUT2D eigenvalue weighted by atomic mass is 16.5. The van der Waals surface area contributed by atoms with E-state index < -0.39 is 17.5 Å². The number of fused-ring (bicyclic) bond motifs is 1. The number of carbonyl (C=O) groups excluding carboxylic acids is 3. The van der Waals surface area contributed by atoms with Gasteiger partial charge in [-0.15, -0.1) is 0 Å². The Morgan fingerprint density at radius 3 is 2.61 bits per heavy atom. The van der Waals surface area contributed by atoms with Crippen LogP contribution in [0.25, 0.3) is 0 Å². The number of hydrogen-bond donors (Lipinski definition) is 1. The number of amides is 4. The average Bonchev–Trinajstić information content (AvgIpc) is 3.04. The van der Waals surface area contributed by atoms with Crippen molar-refractivity contribution in [2.24, 2.45) is 0 Å². The third-order valence-electron chi connectivity index (χ3n) is 6.18. The molecule has 1 spiro atoms. The average molecular weight is 447 g/mol. The van der Waals surface area contributed by atoms with Crippen LogP contribution >= 0.6 is 0 Å². The summed E-state index contributed by atoms with van der Waals surface area (Å²) in [5.41, 5.74) is 1.78. The van der Waals surface area contributed by atoms with Crippen molar-refractivity contribution >= 4 is 23.5 Å². The number of aryl methyl sites for hydroxylation is 1. The van der Waals surface area contributed by atoms with Gasteiger partial charge in [0, 0.05) is 18.7 Å². The normalized spacial score (nSPS) is 19.1. The standard InChI is InChI=1S/C25H26N4O4/c1-2-33-21-10-8-20(9-11-21)28(15-5-14-26)22(30)17-29-23(31)25(27-24(29)32)13-12-18-6-3-4-7-19(18)16-25/h3-4,6-11H,2,5,12-13,15-17H2,1H3,(H,27,32). The number of nitrogens with zero attached hydrogens (tertiary/aromatic N) is 3. The molecule has 4 rings (SSSR count). The fourth-order valence-corrected chi connectivity index (χ4v) is 4.51. The van der Waals surface area contributed by atoms with Gasteiger partial charge >= 0.3 is 6.03 Å². The Labute approximate surface area is 192 Å². The molecule has 2 aliphatic rings. The zero-order valence-electron chi connectivity index (χ0n) is 18.5. The summed E-state index contributed by atoms with van der Waals surface area (Å²) in [5, 5.41) is 11.9. The lowest BCUT2D eigenvalue weighted by Crippen LogP contribution is -2.51. The summed E-state index contributed by atoms with van der Waals surface area (Å²) in [6.07, 6.45) is 1.72. The quantitative estimate of drug-likeness (QED) is 0.659. The first-order valence-electron chi connectivity index (χ1n) is 11.1. The van der Waals surface area contributed by atoms with Crippen LogP contribution in [0.1, 0.15) is 30.9 Å². The number of nitrogens with one attached hydrogen (secondary N) is 1. The number of carbonyl (C=O) groups is 3. The van der Waals surface area contributed by atoms with Crippen molar-refractivity contribution in [1.29, 1.82) is 5.26 Å². The summed E-state index contributed by atoms with van der Waals surface area (Å²) in [6, 6.07) is 16.3. The van der Waals surface area contributed by atoms with Gasteiger partial charge in [-0.2, -0.15) is 5.26 Å². The first-order valence-corrected chi connectivity index (χ1v) is 11.1. The summed E-state index contributed by atoms with van der Waals surface area (Å²) in [6.45, 7) is 2.18. The Hall–Kier alpha value is -3.86. The molecular weight excluding hydrogens is 420 g/mol. The maximum Gasteiger partial charge on any atom is 0.325 e. The van der Waals surface area contributed by atoms with Gasteiger partial charge in [0.25, 0.3) is 5.91 Å². The van der Waals surface area contributed by atoms with Gasteiger partial charge in [0.15, 0.2) is 0 Å². The highest BCUT2D eigenvalue weighted by Gasteiger charge is 2.52. The van der Waals surface area contributed by atoms with E-state index in [9.17, 15) is 14.4 Å². The molecule has 1 aliphatic heterocycles. The van der Waals surface area contributed by atoms with Crippen molar-refractivity contribution < 1.29 is 19.1 Å². The Bertz CT molecular complexity index is 1110. The first kappa shape index (κ1) is 22.3. The molecule has 1 atom stereocenters. The van der Waals surface area contributed by atoms with Crippen LogP contribution in [-0.2, 0) is 22.4 Å². The van der Waals surface area contributed by atoms with Gasteiger partial charge in [-0.05, 0) is 55.2 Å². The minimum absolute atomic E-state index is 0.125. The van der Waals surface area contributed by atoms with Crippen LogP contribution in [0, 0.1) is 11.3 Å². The summed E-state index contributed by atoms with van der Waals surface area (Å²) in [7, 11) is 0. The van der Waals surface area contributed by atoms with Crippen LogP contribution in [0.15, 0.2) is 48.5 Å². The van der Waals surface area contributed by atoms with E-state index in [4.69, 9.17) is 10.00 Å². The second-order valence-corrected chi connectivity index (χ2v) is 8.23. The van der Waals surface area contributed by atoms with Crippen LogP contribution < -0.4 is 15.0 Å². The van der Waals surface area contributed by atoms with Gasteiger partial charge in [-0.1, -0.05) is 24.3 Å². The lowest BCUT2D eigenvalue weighted by molar-refractivity contribution is -0.134. The third kappa shape index (κ3) is 4.40. The first-order chi connectivity index (χ1) is 16.0. The topological polar surface area (TPSA) is 103 Å². The Balaban J connectivity index is 1.51. The van der Waals surface area contributed by atoms with Crippen LogP contribution in [0.5, 0.6) is 5.75 Å². The highest BCUT2D eigenvalue weighted by molar-refractivity contribution is 6.10. The molecule has 8 nitrogen and oxygen atoms in total. The second kappa shape index (κ2) is 9.33. The molecule has 0 radical (unpaired) electrons. The SMILES string of the molecule is CCOc1ccc(N(CCC#N)C(=O)CN2C(=O)NC3(CCc4ccccc4C3)C2=O)cc1. The van der Waals surface area contributed by atoms with Gasteiger partial charge in [-0.3, -0.25) is 14.5 Å². The van der Waals surface area contributed by atoms with Crippen molar-refractivity contribution in [3.05, 3.63) is 59.7 Å². The zero-order valence-corrected chi connectivity index (χ0v) is 18.5. The Kier molecular flexibility index (Phi) is 6.31. The second-order valence-electron chi connectivity index (χ2n) is 8.23. The molecule has 170 valence electrons. The molecule has 0 aromatic heterocycles. The van der Waals surface area contributed by atoms with Gasteiger partial charge in [0.2, 0.25) is 5.91 Å². The number of ether oxygens (including phenoxy) is 1. The summed E-state index contributed by atoms with van der Waals surface area (Å²) in [4.78, 5) is 41.7. The van der Waals surface area contributed by atoms with Crippen LogP contribution in [0.4, 0.5) is 10.5 Å². The largest absolute Gasteiger partial charge is 0.494 e. The van der Waals surface area contributed by atoms with Crippen molar-refractivity contribution in [1.82, 2.24) is 10.2 Å². The van der Waals surface area contributed by atoms with Crippen molar-refractivity contribution in [3.63, 3.8) is 0 Å². The van der Waals surface area contributed by atoms with E-state index in [1.54, 1.807) is 24.3 Å². The fraction of sp³-hybridized carbons (Fsp3) is 0.360. The Morgan fingerprint density at radius 2 is 1.91 bits per heavy atom. The summed E-state index contributed by atoms with van der Waals surface area (Å²) < 4.78 is 5.45. The predicted molar refractivity (Wildman–Crippen MR) is 122 cm³/mol. The minimum atomic E-state index is -1.01. The monoisotopic (exact) mass is 446 g/mol. The number of urea groups is 1. The molecule has 4 amide bonds. The lowest BCUT2D eigenvalue weighted by atomic mass is 9.78. The number of nitriles is 1. The molecule has 1 heterocycles. The number of benzene rings is 2. The molecule has 1 unspecified atom stereocenters. The smallest absolute Gasteiger partial charge is 0.325 e. The highest BCUT2D eigenvalue weighted by Crippen LogP contribution is 2.33. The van der Waals surface area contributed by atoms with Gasteiger partial charge < -0.3 is 15.0 Å². The molecule has 0 saturated carbocycles. The molecule has 2 aromatic carbocycles. The van der Waals surface area contributed by atoms with Crippen molar-refractivity contribution in [2.75, 3.05) is 24.6 Å². The van der Waals surface area contributed by atoms with E-state index in [0.29, 0.717) is 37.3 Å². The molecular formula is C25H26N4O4. The molecule has 33 heavy (non-hydrogen) atoms. The van der Waals surface area contributed by atoms with E-state index in [1.807, 2.05) is 37.3 Å². The maximum atomic E-state index is 13.3. The summed E-state index contributed by atoms with van der Waals surface area (Å²) >= 11 is 0. The number of hydrogen-bond acceptors (Lipinski definition) is 5. The lowest BCUT2D eigenvalue weighted by Gasteiger charge is -2.32. The summed E-state index contributed by atoms with van der Waals surface area (Å²) in [5.74, 6) is -0.129. The minimum Gasteiger partial charge on any atom is -0.494 e.